The molecule has 4 rings (SSSR count). The number of aromatic nitrogens is 2. The minimum Gasteiger partial charge on any atom is -0.339 e. The number of piperazine rings is 1. The predicted octanol–water partition coefficient (Wildman–Crippen LogP) is 3.41. The van der Waals surface area contributed by atoms with Gasteiger partial charge in [0, 0.05) is 32.6 Å². The first-order chi connectivity index (χ1) is 14.0. The summed E-state index contributed by atoms with van der Waals surface area (Å²) in [6, 6.07) is 14.7. The highest BCUT2D eigenvalue weighted by atomic mass is 16.2. The molecule has 2 heterocycles. The lowest BCUT2D eigenvalue weighted by Gasteiger charge is -2.34. The lowest BCUT2D eigenvalue weighted by atomic mass is 10.1. The first-order valence-electron chi connectivity index (χ1n) is 10.6. The number of likely N-dealkylation sites (N-methyl/N-ethyl adjacent to an activating group) is 1. The van der Waals surface area contributed by atoms with Gasteiger partial charge < -0.3 is 14.4 Å². The number of fused-ring (bicyclic) bond motifs is 1. The van der Waals surface area contributed by atoms with E-state index in [0.717, 1.165) is 56.0 Å². The van der Waals surface area contributed by atoms with E-state index < -0.39 is 0 Å². The van der Waals surface area contributed by atoms with Crippen molar-refractivity contribution in [2.45, 2.75) is 33.7 Å². The molecule has 0 aliphatic carbocycles. The van der Waals surface area contributed by atoms with Crippen LogP contribution < -0.4 is 0 Å². The molecule has 2 aromatic carbocycles. The van der Waals surface area contributed by atoms with Crippen molar-refractivity contribution in [1.29, 1.82) is 0 Å². The summed E-state index contributed by atoms with van der Waals surface area (Å²) in [4.78, 5) is 22.4. The van der Waals surface area contributed by atoms with Gasteiger partial charge in [-0.25, -0.2) is 4.98 Å². The smallest absolute Gasteiger partial charge is 0.242 e. The van der Waals surface area contributed by atoms with Crippen LogP contribution in [0.1, 0.15) is 29.4 Å². The third-order valence-corrected chi connectivity index (χ3v) is 6.11. The molecule has 1 amide bonds. The summed E-state index contributed by atoms with van der Waals surface area (Å²) in [7, 11) is 0. The topological polar surface area (TPSA) is 41.4 Å². The Labute approximate surface area is 172 Å². The zero-order valence-corrected chi connectivity index (χ0v) is 17.7. The van der Waals surface area contributed by atoms with Gasteiger partial charge in [0.15, 0.2) is 0 Å². The van der Waals surface area contributed by atoms with Gasteiger partial charge in [0.2, 0.25) is 5.91 Å². The summed E-state index contributed by atoms with van der Waals surface area (Å²) >= 11 is 0. The zero-order chi connectivity index (χ0) is 20.4. The van der Waals surface area contributed by atoms with Crippen LogP contribution >= 0.6 is 0 Å². The van der Waals surface area contributed by atoms with Gasteiger partial charge in [0.05, 0.1) is 11.0 Å². The number of carbonyl (C=O) groups is 1. The average molecular weight is 391 g/mol. The van der Waals surface area contributed by atoms with Gasteiger partial charge in [-0.1, -0.05) is 37.3 Å². The average Bonchev–Trinajstić information content (AvgIpc) is 3.05. The maximum atomic E-state index is 13.1. The maximum Gasteiger partial charge on any atom is 0.242 e. The first-order valence-corrected chi connectivity index (χ1v) is 10.6. The summed E-state index contributed by atoms with van der Waals surface area (Å²) in [5.41, 5.74) is 5.70. The Kier molecular flexibility index (Phi) is 5.67. The molecular weight excluding hydrogens is 360 g/mol. The number of nitrogens with zero attached hydrogens (tertiary/aromatic N) is 4. The third-order valence-electron chi connectivity index (χ3n) is 6.11. The highest BCUT2D eigenvalue weighted by Crippen LogP contribution is 2.23. The van der Waals surface area contributed by atoms with Crippen molar-refractivity contribution in [3.05, 3.63) is 65.0 Å². The van der Waals surface area contributed by atoms with Crippen molar-refractivity contribution in [2.75, 3.05) is 32.7 Å². The molecule has 0 bridgehead atoms. The number of hydrogen-bond acceptors (Lipinski definition) is 3. The standard InChI is InChI=1S/C24H30N4O/c1-4-26-10-12-27(13-11-26)24(29)17-28-22-15-19(3)18(2)14-21(22)25-23(28)16-20-8-6-5-7-9-20/h5-9,14-15H,4,10-13,16-17H2,1-3H3. The molecule has 0 unspecified atom stereocenters. The summed E-state index contributed by atoms with van der Waals surface area (Å²) in [6.45, 7) is 11.4. The molecule has 0 spiro atoms. The molecule has 1 aliphatic heterocycles. The van der Waals surface area contributed by atoms with Crippen LogP contribution in [0.3, 0.4) is 0 Å². The molecule has 5 nitrogen and oxygen atoms in total. The van der Waals surface area contributed by atoms with Crippen molar-refractivity contribution in [3.63, 3.8) is 0 Å². The second kappa shape index (κ2) is 8.37. The van der Waals surface area contributed by atoms with Crippen molar-refractivity contribution in [3.8, 4) is 0 Å². The number of rotatable bonds is 5. The van der Waals surface area contributed by atoms with E-state index in [1.54, 1.807) is 0 Å². The molecule has 1 aliphatic rings. The van der Waals surface area contributed by atoms with Crippen molar-refractivity contribution in [1.82, 2.24) is 19.4 Å². The Hall–Kier alpha value is -2.66. The molecule has 0 atom stereocenters. The largest absolute Gasteiger partial charge is 0.339 e. The quantitative estimate of drug-likeness (QED) is 0.670. The molecule has 1 aromatic heterocycles. The van der Waals surface area contributed by atoms with Crippen LogP contribution in [-0.4, -0.2) is 58.0 Å². The van der Waals surface area contributed by atoms with E-state index in [-0.39, 0.29) is 5.91 Å². The van der Waals surface area contributed by atoms with Crippen LogP contribution in [0.5, 0.6) is 0 Å². The number of amides is 1. The van der Waals surface area contributed by atoms with E-state index in [0.29, 0.717) is 6.54 Å². The SMILES string of the molecule is CCN1CCN(C(=O)Cn2c(Cc3ccccc3)nc3cc(C)c(C)cc32)CC1. The Bertz CT molecular complexity index is 1000. The van der Waals surface area contributed by atoms with Crippen molar-refractivity contribution in [2.24, 2.45) is 0 Å². The fourth-order valence-electron chi connectivity index (χ4n) is 4.07. The van der Waals surface area contributed by atoms with E-state index in [1.807, 2.05) is 11.0 Å². The van der Waals surface area contributed by atoms with E-state index >= 15 is 0 Å². The van der Waals surface area contributed by atoms with Gasteiger partial charge >= 0.3 is 0 Å². The van der Waals surface area contributed by atoms with Crippen LogP contribution in [0, 0.1) is 13.8 Å². The van der Waals surface area contributed by atoms with E-state index in [4.69, 9.17) is 4.98 Å². The van der Waals surface area contributed by atoms with Gasteiger partial charge in [-0.2, -0.15) is 0 Å². The van der Waals surface area contributed by atoms with E-state index in [1.165, 1.54) is 16.7 Å². The predicted molar refractivity (Wildman–Crippen MR) is 117 cm³/mol. The molecule has 5 heteroatoms. The molecular formula is C24H30N4O. The lowest BCUT2D eigenvalue weighted by molar-refractivity contribution is -0.133. The number of aryl methyl sites for hydroxylation is 2. The minimum absolute atomic E-state index is 0.188. The fraction of sp³-hybridized carbons (Fsp3) is 0.417. The Morgan fingerprint density at radius 1 is 1.00 bits per heavy atom. The number of imidazole rings is 1. The molecule has 0 radical (unpaired) electrons. The summed E-state index contributed by atoms with van der Waals surface area (Å²) in [5, 5.41) is 0. The molecule has 0 N–H and O–H groups in total. The normalized spacial score (nSPS) is 15.2. The molecule has 3 aromatic rings. The van der Waals surface area contributed by atoms with Crippen LogP contribution in [0.2, 0.25) is 0 Å². The number of carbonyl (C=O) groups excluding carboxylic acids is 1. The number of hydrogen-bond donors (Lipinski definition) is 0. The number of benzene rings is 2. The van der Waals surface area contributed by atoms with E-state index in [2.05, 4.69) is 66.6 Å². The minimum atomic E-state index is 0.188. The van der Waals surface area contributed by atoms with Gasteiger partial charge in [-0.15, -0.1) is 0 Å². The second-order valence-electron chi connectivity index (χ2n) is 8.02. The molecule has 1 fully saturated rings. The van der Waals surface area contributed by atoms with Gasteiger partial charge in [0.25, 0.3) is 0 Å². The van der Waals surface area contributed by atoms with Crippen molar-refractivity contribution >= 4 is 16.9 Å². The van der Waals surface area contributed by atoms with Crippen molar-refractivity contribution < 1.29 is 4.79 Å². The van der Waals surface area contributed by atoms with Gasteiger partial charge in [-0.3, -0.25) is 4.79 Å². The Morgan fingerprint density at radius 2 is 1.69 bits per heavy atom. The highest BCUT2D eigenvalue weighted by Gasteiger charge is 2.22. The van der Waals surface area contributed by atoms with Crippen LogP contribution in [-0.2, 0) is 17.8 Å². The second-order valence-corrected chi connectivity index (χ2v) is 8.02. The third kappa shape index (κ3) is 4.20. The highest BCUT2D eigenvalue weighted by molar-refractivity contribution is 5.82. The summed E-state index contributed by atoms with van der Waals surface area (Å²) < 4.78 is 2.13. The fourth-order valence-corrected chi connectivity index (χ4v) is 4.07. The first kappa shape index (κ1) is 19.6. The van der Waals surface area contributed by atoms with E-state index in [9.17, 15) is 4.79 Å². The van der Waals surface area contributed by atoms with Gasteiger partial charge in [0.1, 0.15) is 12.4 Å². The van der Waals surface area contributed by atoms with Gasteiger partial charge in [-0.05, 0) is 49.2 Å². The maximum absolute atomic E-state index is 13.1. The van der Waals surface area contributed by atoms with Crippen LogP contribution in [0.4, 0.5) is 0 Å². The monoisotopic (exact) mass is 390 g/mol. The van der Waals surface area contributed by atoms with Crippen LogP contribution in [0.25, 0.3) is 11.0 Å². The van der Waals surface area contributed by atoms with Crippen LogP contribution in [0.15, 0.2) is 42.5 Å². The molecule has 29 heavy (non-hydrogen) atoms. The molecule has 152 valence electrons. The Morgan fingerprint density at radius 3 is 2.38 bits per heavy atom. The lowest BCUT2D eigenvalue weighted by Crippen LogP contribution is -2.49. The Balaban J connectivity index is 1.64. The summed E-state index contributed by atoms with van der Waals surface area (Å²) in [6.07, 6.45) is 0.727. The summed E-state index contributed by atoms with van der Waals surface area (Å²) in [5.74, 6) is 1.14. The zero-order valence-electron chi connectivity index (χ0n) is 17.7. The molecule has 1 saturated heterocycles. The molecule has 0 saturated carbocycles.